The third kappa shape index (κ3) is 3.86. The molecule has 0 saturated heterocycles. The fourth-order valence-electron chi connectivity index (χ4n) is 2.86. The predicted molar refractivity (Wildman–Crippen MR) is 106 cm³/mol. The van der Waals surface area contributed by atoms with Crippen LogP contribution in [0.4, 0.5) is 0 Å². The zero-order valence-electron chi connectivity index (χ0n) is 15.9. The minimum absolute atomic E-state index is 0.0605. The van der Waals surface area contributed by atoms with E-state index in [2.05, 4.69) is 15.2 Å². The van der Waals surface area contributed by atoms with Gasteiger partial charge in [-0.1, -0.05) is 35.5 Å². The monoisotopic (exact) mass is 390 g/mol. The Morgan fingerprint density at radius 2 is 1.83 bits per heavy atom. The minimum Gasteiger partial charge on any atom is -0.497 e. The Labute approximate surface area is 166 Å². The highest BCUT2D eigenvalue weighted by Gasteiger charge is 2.15. The molecule has 2 aromatic carbocycles. The number of aromatic nitrogens is 4. The number of rotatable bonds is 6. The van der Waals surface area contributed by atoms with Gasteiger partial charge in [-0.3, -0.25) is 4.79 Å². The van der Waals surface area contributed by atoms with Crippen molar-refractivity contribution in [1.82, 2.24) is 19.9 Å². The molecule has 0 unspecified atom stereocenters. The van der Waals surface area contributed by atoms with Gasteiger partial charge in [0, 0.05) is 17.7 Å². The summed E-state index contributed by atoms with van der Waals surface area (Å²) in [6, 6.07) is 18.1. The van der Waals surface area contributed by atoms with Crippen LogP contribution in [0.1, 0.15) is 5.89 Å². The van der Waals surface area contributed by atoms with Crippen molar-refractivity contribution in [2.75, 3.05) is 14.2 Å². The molecule has 2 aromatic heterocycles. The molecule has 0 saturated carbocycles. The van der Waals surface area contributed by atoms with E-state index in [-0.39, 0.29) is 18.0 Å². The number of nitrogens with zero attached hydrogens (tertiary/aromatic N) is 4. The lowest BCUT2D eigenvalue weighted by atomic mass is 10.1. The lowest BCUT2D eigenvalue weighted by Crippen LogP contribution is -2.23. The molecule has 0 amide bonds. The largest absolute Gasteiger partial charge is 0.497 e. The zero-order valence-corrected chi connectivity index (χ0v) is 15.9. The van der Waals surface area contributed by atoms with E-state index < -0.39 is 0 Å². The van der Waals surface area contributed by atoms with Crippen LogP contribution in [0, 0.1) is 0 Å². The average Bonchev–Trinajstić information content (AvgIpc) is 3.23. The van der Waals surface area contributed by atoms with E-state index in [1.54, 1.807) is 38.5 Å². The van der Waals surface area contributed by atoms with Gasteiger partial charge in [0.05, 0.1) is 25.5 Å². The standard InChI is InChI=1S/C21H18N4O4/c1-27-15-8-9-16(18(12-15)28-2)21-22-19(29-24-21)13-25-20(26)11-10-17(23-25)14-6-4-3-5-7-14/h3-12H,13H2,1-2H3. The molecule has 8 heteroatoms. The molecule has 0 aliphatic carbocycles. The number of hydrogen-bond acceptors (Lipinski definition) is 7. The summed E-state index contributed by atoms with van der Waals surface area (Å²) in [5.74, 6) is 1.82. The summed E-state index contributed by atoms with van der Waals surface area (Å²) in [5, 5.41) is 8.42. The third-order valence-electron chi connectivity index (χ3n) is 4.34. The molecule has 0 N–H and O–H groups in total. The van der Waals surface area contributed by atoms with Crippen LogP contribution in [0.2, 0.25) is 0 Å². The first-order chi connectivity index (χ1) is 14.2. The normalized spacial score (nSPS) is 10.7. The maximum Gasteiger partial charge on any atom is 0.267 e. The van der Waals surface area contributed by atoms with Crippen molar-refractivity contribution in [3.8, 4) is 34.1 Å². The Morgan fingerprint density at radius 1 is 1.00 bits per heavy atom. The van der Waals surface area contributed by atoms with Crippen LogP contribution in [0.15, 0.2) is 70.0 Å². The molecule has 0 spiro atoms. The van der Waals surface area contributed by atoms with Crippen LogP contribution in [0.5, 0.6) is 11.5 Å². The second-order valence-electron chi connectivity index (χ2n) is 6.16. The number of hydrogen-bond donors (Lipinski definition) is 0. The van der Waals surface area contributed by atoms with Crippen LogP contribution >= 0.6 is 0 Å². The second-order valence-corrected chi connectivity index (χ2v) is 6.16. The summed E-state index contributed by atoms with van der Waals surface area (Å²) < 4.78 is 17.2. The summed E-state index contributed by atoms with van der Waals surface area (Å²) in [7, 11) is 3.13. The van der Waals surface area contributed by atoms with E-state index in [0.717, 1.165) is 5.56 Å². The van der Waals surface area contributed by atoms with Crippen LogP contribution in [0.25, 0.3) is 22.6 Å². The molecule has 0 aliphatic heterocycles. The van der Waals surface area contributed by atoms with Crippen LogP contribution < -0.4 is 15.0 Å². The highest BCUT2D eigenvalue weighted by Crippen LogP contribution is 2.31. The van der Waals surface area contributed by atoms with Gasteiger partial charge in [-0.15, -0.1) is 0 Å². The Hall–Kier alpha value is -3.94. The zero-order chi connectivity index (χ0) is 20.2. The smallest absolute Gasteiger partial charge is 0.267 e. The first-order valence-corrected chi connectivity index (χ1v) is 8.86. The fraction of sp³-hybridized carbons (Fsp3) is 0.143. The van der Waals surface area contributed by atoms with Gasteiger partial charge in [0.2, 0.25) is 11.7 Å². The molecule has 2 heterocycles. The maximum absolute atomic E-state index is 12.2. The van der Waals surface area contributed by atoms with Crippen molar-refractivity contribution in [2.24, 2.45) is 0 Å². The fourth-order valence-corrected chi connectivity index (χ4v) is 2.86. The van der Waals surface area contributed by atoms with Crippen LogP contribution in [-0.4, -0.2) is 34.1 Å². The molecule has 146 valence electrons. The highest BCUT2D eigenvalue weighted by molar-refractivity contribution is 5.65. The molecule has 4 aromatic rings. The average molecular weight is 390 g/mol. The third-order valence-corrected chi connectivity index (χ3v) is 4.34. The van der Waals surface area contributed by atoms with Gasteiger partial charge in [-0.05, 0) is 18.2 Å². The highest BCUT2D eigenvalue weighted by atomic mass is 16.5. The summed E-state index contributed by atoms with van der Waals surface area (Å²) in [6.07, 6.45) is 0. The lowest BCUT2D eigenvalue weighted by molar-refractivity contribution is 0.363. The first-order valence-electron chi connectivity index (χ1n) is 8.86. The van der Waals surface area contributed by atoms with Crippen molar-refractivity contribution in [1.29, 1.82) is 0 Å². The van der Waals surface area contributed by atoms with E-state index in [0.29, 0.717) is 28.6 Å². The van der Waals surface area contributed by atoms with Crippen molar-refractivity contribution < 1.29 is 14.0 Å². The van der Waals surface area contributed by atoms with Crippen molar-refractivity contribution in [3.63, 3.8) is 0 Å². The number of benzene rings is 2. The quantitative estimate of drug-likeness (QED) is 0.500. The maximum atomic E-state index is 12.2. The molecular weight excluding hydrogens is 372 g/mol. The lowest BCUT2D eigenvalue weighted by Gasteiger charge is -2.07. The second kappa shape index (κ2) is 7.97. The Bertz CT molecular complexity index is 1180. The molecule has 0 radical (unpaired) electrons. The summed E-state index contributed by atoms with van der Waals surface area (Å²) in [4.78, 5) is 16.6. The first kappa shape index (κ1) is 18.4. The predicted octanol–water partition coefficient (Wildman–Crippen LogP) is 3.03. The van der Waals surface area contributed by atoms with Gasteiger partial charge in [0.25, 0.3) is 5.56 Å². The molecule has 29 heavy (non-hydrogen) atoms. The summed E-state index contributed by atoms with van der Waals surface area (Å²) in [6.45, 7) is 0.0605. The summed E-state index contributed by atoms with van der Waals surface area (Å²) in [5.41, 5.74) is 1.99. The topological polar surface area (TPSA) is 92.3 Å². The Balaban J connectivity index is 1.63. The molecule has 0 aliphatic rings. The Kier molecular flexibility index (Phi) is 5.07. The van der Waals surface area contributed by atoms with Gasteiger partial charge >= 0.3 is 0 Å². The van der Waals surface area contributed by atoms with E-state index in [9.17, 15) is 4.79 Å². The minimum atomic E-state index is -0.258. The van der Waals surface area contributed by atoms with Gasteiger partial charge in [0.15, 0.2) is 0 Å². The van der Waals surface area contributed by atoms with E-state index in [4.69, 9.17) is 14.0 Å². The van der Waals surface area contributed by atoms with Crippen molar-refractivity contribution >= 4 is 0 Å². The van der Waals surface area contributed by atoms with E-state index in [1.165, 1.54) is 10.7 Å². The summed E-state index contributed by atoms with van der Waals surface area (Å²) >= 11 is 0. The van der Waals surface area contributed by atoms with Gasteiger partial charge in [-0.2, -0.15) is 10.1 Å². The van der Waals surface area contributed by atoms with E-state index in [1.807, 2.05) is 30.3 Å². The van der Waals surface area contributed by atoms with E-state index >= 15 is 0 Å². The Morgan fingerprint density at radius 3 is 2.59 bits per heavy atom. The number of ether oxygens (including phenoxy) is 2. The van der Waals surface area contributed by atoms with Crippen LogP contribution in [-0.2, 0) is 6.54 Å². The molecular formula is C21H18N4O4. The van der Waals surface area contributed by atoms with Crippen LogP contribution in [0.3, 0.4) is 0 Å². The van der Waals surface area contributed by atoms with Crippen molar-refractivity contribution in [3.05, 3.63) is 76.9 Å². The number of methoxy groups -OCH3 is 2. The molecule has 8 nitrogen and oxygen atoms in total. The van der Waals surface area contributed by atoms with Crippen molar-refractivity contribution in [2.45, 2.75) is 6.54 Å². The molecule has 0 bridgehead atoms. The van der Waals surface area contributed by atoms with Gasteiger partial charge in [0.1, 0.15) is 18.0 Å². The van der Waals surface area contributed by atoms with Gasteiger partial charge in [-0.25, -0.2) is 4.68 Å². The molecule has 4 rings (SSSR count). The molecule has 0 atom stereocenters. The molecule has 0 fully saturated rings. The van der Waals surface area contributed by atoms with Gasteiger partial charge < -0.3 is 14.0 Å². The SMILES string of the molecule is COc1ccc(-c2noc(Cn3nc(-c4ccccc4)ccc3=O)n2)c(OC)c1.